The fraction of sp³-hybridized carbons (Fsp3) is 0.312. The number of nitrogens with zero attached hydrogens (tertiary/aromatic N) is 3. The molecule has 1 aliphatic heterocycles. The number of hydrogen-bond donors (Lipinski definition) is 1. The molecule has 6 nitrogen and oxygen atoms in total. The van der Waals surface area contributed by atoms with E-state index in [2.05, 4.69) is 20.2 Å². The summed E-state index contributed by atoms with van der Waals surface area (Å²) in [6, 6.07) is 9.53. The summed E-state index contributed by atoms with van der Waals surface area (Å²) < 4.78 is 5.39. The van der Waals surface area contributed by atoms with E-state index < -0.39 is 0 Å². The van der Waals surface area contributed by atoms with Crippen molar-refractivity contribution in [1.29, 1.82) is 0 Å². The molecule has 1 atom stereocenters. The molecule has 0 radical (unpaired) electrons. The summed E-state index contributed by atoms with van der Waals surface area (Å²) in [7, 11) is 0. The Kier molecular flexibility index (Phi) is 4.48. The second kappa shape index (κ2) is 6.89. The number of amides is 1. The van der Waals surface area contributed by atoms with Gasteiger partial charge in [0.25, 0.3) is 5.91 Å². The Bertz CT molecular complexity index is 606. The van der Waals surface area contributed by atoms with Crippen LogP contribution >= 0.6 is 0 Å². The van der Waals surface area contributed by atoms with Gasteiger partial charge in [-0.3, -0.25) is 9.78 Å². The number of hydrogen-bond acceptors (Lipinski definition) is 5. The molecule has 2 aromatic rings. The molecule has 1 amide bonds. The lowest BCUT2D eigenvalue weighted by Gasteiger charge is -2.17. The molecular weight excluding hydrogens is 280 g/mol. The molecule has 0 aliphatic carbocycles. The number of pyridine rings is 2. The molecule has 0 spiro atoms. The van der Waals surface area contributed by atoms with E-state index in [4.69, 9.17) is 4.74 Å². The van der Waals surface area contributed by atoms with Gasteiger partial charge in [0.2, 0.25) is 0 Å². The van der Waals surface area contributed by atoms with Crippen LogP contribution < -0.4 is 15.0 Å². The highest BCUT2D eigenvalue weighted by atomic mass is 16.5. The van der Waals surface area contributed by atoms with Crippen LogP contribution in [0.4, 0.5) is 5.82 Å². The molecule has 1 fully saturated rings. The lowest BCUT2D eigenvalue weighted by molar-refractivity contribution is -0.123. The summed E-state index contributed by atoms with van der Waals surface area (Å²) >= 11 is 0. The highest BCUT2D eigenvalue weighted by Crippen LogP contribution is 2.17. The minimum Gasteiger partial charge on any atom is -0.482 e. The van der Waals surface area contributed by atoms with Gasteiger partial charge in [-0.2, -0.15) is 0 Å². The molecule has 3 rings (SSSR count). The normalized spacial score (nSPS) is 17.3. The number of carbonyl (C=O) groups is 1. The zero-order chi connectivity index (χ0) is 15.2. The molecule has 1 saturated heterocycles. The van der Waals surface area contributed by atoms with Gasteiger partial charge in [0, 0.05) is 31.5 Å². The van der Waals surface area contributed by atoms with Gasteiger partial charge in [-0.25, -0.2) is 4.98 Å². The minimum atomic E-state index is -0.114. The van der Waals surface area contributed by atoms with E-state index in [9.17, 15) is 4.79 Å². The SMILES string of the molecule is O=C(COc1cccnc1)NC1CCN(c2ccccn2)C1. The molecule has 1 aliphatic rings. The maximum absolute atomic E-state index is 11.9. The fourth-order valence-electron chi connectivity index (χ4n) is 2.48. The molecule has 1 N–H and O–H groups in total. The van der Waals surface area contributed by atoms with Gasteiger partial charge >= 0.3 is 0 Å². The third-order valence-electron chi connectivity index (χ3n) is 3.53. The number of anilines is 1. The Morgan fingerprint density at radius 3 is 3.05 bits per heavy atom. The molecule has 3 heterocycles. The van der Waals surface area contributed by atoms with E-state index >= 15 is 0 Å². The topological polar surface area (TPSA) is 67.3 Å². The van der Waals surface area contributed by atoms with E-state index in [-0.39, 0.29) is 18.6 Å². The summed E-state index contributed by atoms with van der Waals surface area (Å²) in [6.07, 6.45) is 5.95. The highest BCUT2D eigenvalue weighted by Gasteiger charge is 2.24. The zero-order valence-corrected chi connectivity index (χ0v) is 12.2. The van der Waals surface area contributed by atoms with Crippen molar-refractivity contribution in [2.45, 2.75) is 12.5 Å². The van der Waals surface area contributed by atoms with E-state index in [1.807, 2.05) is 18.2 Å². The fourth-order valence-corrected chi connectivity index (χ4v) is 2.48. The van der Waals surface area contributed by atoms with Crippen LogP contribution in [0.3, 0.4) is 0 Å². The second-order valence-electron chi connectivity index (χ2n) is 5.16. The Hall–Kier alpha value is -2.63. The van der Waals surface area contributed by atoms with Crippen LogP contribution in [-0.2, 0) is 4.79 Å². The molecule has 22 heavy (non-hydrogen) atoms. The van der Waals surface area contributed by atoms with E-state index in [1.54, 1.807) is 30.7 Å². The molecular formula is C16H18N4O2. The average Bonchev–Trinajstić information content (AvgIpc) is 3.03. The molecule has 0 bridgehead atoms. The van der Waals surface area contributed by atoms with Crippen LogP contribution in [-0.4, -0.2) is 41.6 Å². The first kappa shape index (κ1) is 14.3. The molecule has 6 heteroatoms. The molecule has 0 saturated carbocycles. The van der Waals surface area contributed by atoms with Gasteiger partial charge in [-0.1, -0.05) is 6.07 Å². The van der Waals surface area contributed by atoms with Gasteiger partial charge in [0.1, 0.15) is 11.6 Å². The molecule has 2 aromatic heterocycles. The van der Waals surface area contributed by atoms with Gasteiger partial charge < -0.3 is 15.0 Å². The predicted octanol–water partition coefficient (Wildman–Crippen LogP) is 1.25. The largest absolute Gasteiger partial charge is 0.482 e. The third kappa shape index (κ3) is 3.72. The van der Waals surface area contributed by atoms with Crippen molar-refractivity contribution in [3.8, 4) is 5.75 Å². The third-order valence-corrected chi connectivity index (χ3v) is 3.53. The van der Waals surface area contributed by atoms with Crippen molar-refractivity contribution >= 4 is 11.7 Å². The van der Waals surface area contributed by atoms with Crippen LogP contribution in [0.15, 0.2) is 48.9 Å². The van der Waals surface area contributed by atoms with E-state index in [1.165, 1.54) is 0 Å². The van der Waals surface area contributed by atoms with Crippen LogP contribution in [0.25, 0.3) is 0 Å². The van der Waals surface area contributed by atoms with Crippen LogP contribution in [0, 0.1) is 0 Å². The van der Waals surface area contributed by atoms with Gasteiger partial charge in [-0.15, -0.1) is 0 Å². The Labute approximate surface area is 129 Å². The number of carbonyl (C=O) groups excluding carboxylic acids is 1. The minimum absolute atomic E-state index is 0.00573. The monoisotopic (exact) mass is 298 g/mol. The first-order valence-corrected chi connectivity index (χ1v) is 7.29. The van der Waals surface area contributed by atoms with Gasteiger partial charge in [0.05, 0.1) is 6.20 Å². The summed E-state index contributed by atoms with van der Waals surface area (Å²) in [5.41, 5.74) is 0. The van der Waals surface area contributed by atoms with Crippen molar-refractivity contribution in [2.24, 2.45) is 0 Å². The van der Waals surface area contributed by atoms with Crippen molar-refractivity contribution in [3.63, 3.8) is 0 Å². The van der Waals surface area contributed by atoms with Crippen molar-refractivity contribution in [1.82, 2.24) is 15.3 Å². The van der Waals surface area contributed by atoms with Gasteiger partial charge in [-0.05, 0) is 30.7 Å². The van der Waals surface area contributed by atoms with E-state index in [0.29, 0.717) is 5.75 Å². The summed E-state index contributed by atoms with van der Waals surface area (Å²) in [4.78, 5) is 22.4. The van der Waals surface area contributed by atoms with Gasteiger partial charge in [0.15, 0.2) is 6.61 Å². The standard InChI is InChI=1S/C16H18N4O2/c21-16(12-22-14-4-3-7-17-10-14)19-13-6-9-20(11-13)15-5-1-2-8-18-15/h1-5,7-8,10,13H,6,9,11-12H2,(H,19,21). The Morgan fingerprint density at radius 2 is 2.27 bits per heavy atom. The maximum atomic E-state index is 11.9. The Morgan fingerprint density at radius 1 is 1.32 bits per heavy atom. The maximum Gasteiger partial charge on any atom is 0.258 e. The number of aromatic nitrogens is 2. The number of rotatable bonds is 5. The zero-order valence-electron chi connectivity index (χ0n) is 12.2. The molecule has 0 aromatic carbocycles. The molecule has 1 unspecified atom stereocenters. The first-order valence-electron chi connectivity index (χ1n) is 7.29. The number of ether oxygens (including phenoxy) is 1. The Balaban J connectivity index is 1.45. The summed E-state index contributed by atoms with van der Waals surface area (Å²) in [5, 5.41) is 3.00. The van der Waals surface area contributed by atoms with E-state index in [0.717, 1.165) is 25.3 Å². The average molecular weight is 298 g/mol. The van der Waals surface area contributed by atoms with Crippen LogP contribution in [0.2, 0.25) is 0 Å². The van der Waals surface area contributed by atoms with Crippen LogP contribution in [0.1, 0.15) is 6.42 Å². The van der Waals surface area contributed by atoms with Crippen molar-refractivity contribution in [2.75, 3.05) is 24.6 Å². The predicted molar refractivity (Wildman–Crippen MR) is 82.7 cm³/mol. The smallest absolute Gasteiger partial charge is 0.258 e. The van der Waals surface area contributed by atoms with Crippen LogP contribution in [0.5, 0.6) is 5.75 Å². The highest BCUT2D eigenvalue weighted by molar-refractivity contribution is 5.78. The van der Waals surface area contributed by atoms with Crippen molar-refractivity contribution in [3.05, 3.63) is 48.9 Å². The first-order chi connectivity index (χ1) is 10.8. The quantitative estimate of drug-likeness (QED) is 0.900. The lowest BCUT2D eigenvalue weighted by Crippen LogP contribution is -2.39. The summed E-state index contributed by atoms with van der Waals surface area (Å²) in [5.74, 6) is 1.43. The lowest BCUT2D eigenvalue weighted by atomic mass is 10.2. The second-order valence-corrected chi connectivity index (χ2v) is 5.16. The van der Waals surface area contributed by atoms with Crippen molar-refractivity contribution < 1.29 is 9.53 Å². The number of nitrogens with one attached hydrogen (secondary N) is 1. The molecule has 114 valence electrons. The summed E-state index contributed by atoms with van der Waals surface area (Å²) in [6.45, 7) is 1.67.